The Labute approximate surface area is 114 Å². The molecule has 1 aromatic rings. The molecule has 1 atom stereocenters. The van der Waals surface area contributed by atoms with E-state index in [4.69, 9.17) is 10.00 Å². The third-order valence-electron chi connectivity index (χ3n) is 2.31. The molecule has 1 rings (SSSR count). The lowest BCUT2D eigenvalue weighted by Gasteiger charge is -2.12. The van der Waals surface area contributed by atoms with Crippen LogP contribution in [0.4, 0.5) is 0 Å². The number of Topliss-reactive ketones (excluding diaryl/α,β-unsaturated/α-hetero) is 1. The van der Waals surface area contributed by atoms with Gasteiger partial charge in [0.1, 0.15) is 5.78 Å². The Morgan fingerprint density at radius 2 is 2.17 bits per heavy atom. The lowest BCUT2D eigenvalue weighted by Crippen LogP contribution is -2.12. The van der Waals surface area contributed by atoms with E-state index >= 15 is 0 Å². The number of halogens is 1. The first kappa shape index (κ1) is 14.4. The summed E-state index contributed by atoms with van der Waals surface area (Å²) in [7, 11) is 0. The van der Waals surface area contributed by atoms with Crippen molar-refractivity contribution < 1.29 is 14.3 Å². The van der Waals surface area contributed by atoms with E-state index in [1.807, 2.05) is 6.07 Å². The summed E-state index contributed by atoms with van der Waals surface area (Å²) < 4.78 is 4.92. The van der Waals surface area contributed by atoms with Crippen LogP contribution >= 0.6 is 15.9 Å². The zero-order valence-corrected chi connectivity index (χ0v) is 11.7. The molecule has 0 aliphatic rings. The lowest BCUT2D eigenvalue weighted by molar-refractivity contribution is -0.116. The molecule has 1 unspecified atom stereocenters. The van der Waals surface area contributed by atoms with Crippen LogP contribution in [0.25, 0.3) is 0 Å². The third kappa shape index (κ3) is 3.17. The molecule has 0 saturated carbocycles. The number of rotatable bonds is 4. The van der Waals surface area contributed by atoms with Crippen LogP contribution in [-0.4, -0.2) is 18.4 Å². The zero-order valence-electron chi connectivity index (χ0n) is 10.1. The first-order valence-corrected chi connectivity index (χ1v) is 6.28. The molecule has 0 bridgehead atoms. The second kappa shape index (κ2) is 6.31. The van der Waals surface area contributed by atoms with Crippen molar-refractivity contribution in [1.82, 2.24) is 0 Å². The Morgan fingerprint density at radius 1 is 1.50 bits per heavy atom. The second-order valence-electron chi connectivity index (χ2n) is 3.61. The van der Waals surface area contributed by atoms with Crippen molar-refractivity contribution in [2.24, 2.45) is 0 Å². The average molecular weight is 310 g/mol. The van der Waals surface area contributed by atoms with E-state index in [-0.39, 0.29) is 12.4 Å². The lowest BCUT2D eigenvalue weighted by atomic mass is 10.00. The fourth-order valence-electron chi connectivity index (χ4n) is 1.46. The first-order valence-electron chi connectivity index (χ1n) is 5.37. The molecular formula is C13H12BrNO3. The number of esters is 1. The summed E-state index contributed by atoms with van der Waals surface area (Å²) >= 11 is 3.22. The number of benzene rings is 1. The molecule has 1 aromatic carbocycles. The Balaban J connectivity index is 3.29. The first-order chi connectivity index (χ1) is 8.51. The monoisotopic (exact) mass is 309 g/mol. The topological polar surface area (TPSA) is 67.2 Å². The van der Waals surface area contributed by atoms with Gasteiger partial charge in [-0.05, 0) is 37.6 Å². The highest BCUT2D eigenvalue weighted by atomic mass is 79.9. The summed E-state index contributed by atoms with van der Waals surface area (Å²) in [4.78, 5) is 22.5. The van der Waals surface area contributed by atoms with Crippen LogP contribution in [0.2, 0.25) is 0 Å². The van der Waals surface area contributed by atoms with Crippen molar-refractivity contribution in [2.75, 3.05) is 6.61 Å². The van der Waals surface area contributed by atoms with Gasteiger partial charge in [-0.25, -0.2) is 4.79 Å². The molecule has 0 aliphatic carbocycles. The quantitative estimate of drug-likeness (QED) is 0.633. The minimum Gasteiger partial charge on any atom is -0.462 e. The largest absolute Gasteiger partial charge is 0.462 e. The standard InChI is InChI=1S/C13H12BrNO3/c1-3-18-13(17)10-5-4-9(7-15)6-11(10)12(14)8(2)16/h4-6,12H,3H2,1-2H3. The highest BCUT2D eigenvalue weighted by Gasteiger charge is 2.21. The normalized spacial score (nSPS) is 11.4. The molecule has 0 radical (unpaired) electrons. The Hall–Kier alpha value is -1.67. The zero-order chi connectivity index (χ0) is 13.7. The summed E-state index contributed by atoms with van der Waals surface area (Å²) in [6, 6.07) is 6.52. The molecule has 0 fully saturated rings. The van der Waals surface area contributed by atoms with Gasteiger partial charge in [-0.15, -0.1) is 0 Å². The van der Waals surface area contributed by atoms with E-state index in [9.17, 15) is 9.59 Å². The van der Waals surface area contributed by atoms with Crippen molar-refractivity contribution in [3.8, 4) is 6.07 Å². The Morgan fingerprint density at radius 3 is 2.67 bits per heavy atom. The fraction of sp³-hybridized carbons (Fsp3) is 0.308. The number of nitriles is 1. The third-order valence-corrected chi connectivity index (χ3v) is 3.44. The molecule has 94 valence electrons. The molecule has 18 heavy (non-hydrogen) atoms. The Bertz CT molecular complexity index is 519. The molecular weight excluding hydrogens is 298 g/mol. The predicted molar refractivity (Wildman–Crippen MR) is 69.5 cm³/mol. The van der Waals surface area contributed by atoms with Crippen LogP contribution in [0, 0.1) is 11.3 Å². The maximum atomic E-state index is 11.8. The predicted octanol–water partition coefficient (Wildman–Crippen LogP) is 2.76. The summed E-state index contributed by atoms with van der Waals surface area (Å²) in [5, 5.41) is 8.85. The summed E-state index contributed by atoms with van der Waals surface area (Å²) in [5.74, 6) is -0.640. The van der Waals surface area contributed by atoms with E-state index in [1.165, 1.54) is 25.1 Å². The maximum absolute atomic E-state index is 11.8. The van der Waals surface area contributed by atoms with Gasteiger partial charge in [-0.1, -0.05) is 15.9 Å². The van der Waals surface area contributed by atoms with E-state index in [0.29, 0.717) is 16.7 Å². The van der Waals surface area contributed by atoms with Gasteiger partial charge < -0.3 is 4.74 Å². The van der Waals surface area contributed by atoms with Gasteiger partial charge in [0.25, 0.3) is 0 Å². The molecule has 0 amide bonds. The minimum atomic E-state index is -0.620. The number of hydrogen-bond donors (Lipinski definition) is 0. The number of hydrogen-bond acceptors (Lipinski definition) is 4. The Kier molecular flexibility index (Phi) is 5.05. The maximum Gasteiger partial charge on any atom is 0.338 e. The number of alkyl halides is 1. The number of ketones is 1. The summed E-state index contributed by atoms with van der Waals surface area (Å²) in [6.45, 7) is 3.37. The molecule has 0 saturated heterocycles. The van der Waals surface area contributed by atoms with Crippen LogP contribution in [0.1, 0.15) is 40.2 Å². The molecule has 0 heterocycles. The molecule has 0 aliphatic heterocycles. The van der Waals surface area contributed by atoms with E-state index < -0.39 is 10.8 Å². The number of ether oxygens (including phenoxy) is 1. The van der Waals surface area contributed by atoms with Gasteiger partial charge in [0.15, 0.2) is 0 Å². The van der Waals surface area contributed by atoms with E-state index in [2.05, 4.69) is 15.9 Å². The van der Waals surface area contributed by atoms with Crippen molar-refractivity contribution in [2.45, 2.75) is 18.7 Å². The van der Waals surface area contributed by atoms with Crippen molar-refractivity contribution >= 4 is 27.7 Å². The van der Waals surface area contributed by atoms with Crippen LogP contribution in [-0.2, 0) is 9.53 Å². The highest BCUT2D eigenvalue weighted by molar-refractivity contribution is 9.09. The van der Waals surface area contributed by atoms with Crippen LogP contribution < -0.4 is 0 Å². The second-order valence-corrected chi connectivity index (χ2v) is 4.52. The fourth-order valence-corrected chi connectivity index (χ4v) is 1.83. The van der Waals surface area contributed by atoms with Gasteiger partial charge in [0.05, 0.1) is 28.6 Å². The van der Waals surface area contributed by atoms with Crippen LogP contribution in [0.5, 0.6) is 0 Å². The van der Waals surface area contributed by atoms with E-state index in [1.54, 1.807) is 6.92 Å². The summed E-state index contributed by atoms with van der Waals surface area (Å²) in [5.41, 5.74) is 1.15. The van der Waals surface area contributed by atoms with Crippen molar-refractivity contribution in [3.05, 3.63) is 34.9 Å². The molecule has 4 nitrogen and oxygen atoms in total. The number of nitrogens with zero attached hydrogens (tertiary/aromatic N) is 1. The summed E-state index contributed by atoms with van der Waals surface area (Å²) in [6.07, 6.45) is 0. The number of carbonyl (C=O) groups excluding carboxylic acids is 2. The molecule has 0 aromatic heterocycles. The van der Waals surface area contributed by atoms with Crippen molar-refractivity contribution in [1.29, 1.82) is 5.26 Å². The van der Waals surface area contributed by atoms with Gasteiger partial charge in [-0.2, -0.15) is 5.26 Å². The number of carbonyl (C=O) groups is 2. The van der Waals surface area contributed by atoms with Gasteiger partial charge in [0, 0.05) is 0 Å². The van der Waals surface area contributed by atoms with Gasteiger partial charge >= 0.3 is 5.97 Å². The SMILES string of the molecule is CCOC(=O)c1ccc(C#N)cc1C(Br)C(C)=O. The smallest absolute Gasteiger partial charge is 0.338 e. The molecule has 0 spiro atoms. The molecule has 5 heteroatoms. The van der Waals surface area contributed by atoms with E-state index in [0.717, 1.165) is 0 Å². The highest BCUT2D eigenvalue weighted by Crippen LogP contribution is 2.28. The van der Waals surface area contributed by atoms with Crippen LogP contribution in [0.3, 0.4) is 0 Å². The van der Waals surface area contributed by atoms with Crippen molar-refractivity contribution in [3.63, 3.8) is 0 Å². The minimum absolute atomic E-state index is 0.143. The van der Waals surface area contributed by atoms with Crippen LogP contribution in [0.15, 0.2) is 18.2 Å². The van der Waals surface area contributed by atoms with Gasteiger partial charge in [-0.3, -0.25) is 4.79 Å². The van der Waals surface area contributed by atoms with Gasteiger partial charge in [0.2, 0.25) is 0 Å². The molecule has 0 N–H and O–H groups in total. The average Bonchev–Trinajstić information content (AvgIpc) is 2.37.